The molecular weight excluding hydrogens is 284 g/mol. The highest BCUT2D eigenvalue weighted by Gasteiger charge is 2.07. The van der Waals surface area contributed by atoms with Crippen LogP contribution in [0.5, 0.6) is 0 Å². The molecule has 0 aliphatic heterocycles. The molecule has 0 bridgehead atoms. The van der Waals surface area contributed by atoms with E-state index in [-0.39, 0.29) is 0 Å². The summed E-state index contributed by atoms with van der Waals surface area (Å²) in [4.78, 5) is 6.33. The van der Waals surface area contributed by atoms with Gasteiger partial charge in [0.1, 0.15) is 0 Å². The van der Waals surface area contributed by atoms with Crippen molar-refractivity contribution in [1.29, 1.82) is 0 Å². The van der Waals surface area contributed by atoms with Crippen LogP contribution in [0.4, 0.5) is 5.69 Å². The quantitative estimate of drug-likeness (QED) is 0.734. The largest absolute Gasteiger partial charge is 0.383 e. The lowest BCUT2D eigenvalue weighted by atomic mass is 10.0. The first-order valence-electron chi connectivity index (χ1n) is 8.18. The Balaban J connectivity index is 1.76. The summed E-state index contributed by atoms with van der Waals surface area (Å²) in [5.41, 5.74) is 5.03. The van der Waals surface area contributed by atoms with Gasteiger partial charge >= 0.3 is 0 Å². The van der Waals surface area contributed by atoms with Crippen LogP contribution in [0.2, 0.25) is 0 Å². The summed E-state index contributed by atoms with van der Waals surface area (Å²) in [6.07, 6.45) is 3.70. The van der Waals surface area contributed by atoms with Gasteiger partial charge in [-0.15, -0.1) is 0 Å². The van der Waals surface area contributed by atoms with Crippen LogP contribution in [-0.4, -0.2) is 37.1 Å². The molecule has 2 N–H and O–H groups in total. The Hall–Kier alpha value is -1.91. The number of hydrogen-bond donors (Lipinski definition) is 2. The van der Waals surface area contributed by atoms with Gasteiger partial charge in [-0.05, 0) is 50.7 Å². The molecule has 0 amide bonds. The molecule has 1 aromatic carbocycles. The molecule has 0 saturated heterocycles. The number of rotatable bonds is 8. The summed E-state index contributed by atoms with van der Waals surface area (Å²) in [5.74, 6) is 0. The highest BCUT2D eigenvalue weighted by atomic mass is 15.1. The van der Waals surface area contributed by atoms with Crippen molar-refractivity contribution in [3.63, 3.8) is 0 Å². The van der Waals surface area contributed by atoms with Crippen molar-refractivity contribution in [1.82, 2.24) is 15.2 Å². The van der Waals surface area contributed by atoms with Crippen LogP contribution in [-0.2, 0) is 6.54 Å². The zero-order chi connectivity index (χ0) is 16.7. The van der Waals surface area contributed by atoms with Crippen LogP contribution < -0.4 is 10.6 Å². The maximum absolute atomic E-state index is 4.10. The van der Waals surface area contributed by atoms with Gasteiger partial charge in [0, 0.05) is 43.8 Å². The summed E-state index contributed by atoms with van der Waals surface area (Å²) in [6, 6.07) is 11.3. The van der Waals surface area contributed by atoms with Crippen molar-refractivity contribution >= 4 is 5.69 Å². The maximum Gasteiger partial charge on any atom is 0.0401 e. The molecule has 2 aromatic rings. The number of benzene rings is 1. The Bertz CT molecular complexity index is 610. The third kappa shape index (κ3) is 5.34. The fourth-order valence-corrected chi connectivity index (χ4v) is 2.45. The van der Waals surface area contributed by atoms with Crippen molar-refractivity contribution in [3.8, 4) is 0 Å². The topological polar surface area (TPSA) is 40.2 Å². The normalized spacial score (nSPS) is 12.4. The molecule has 0 fully saturated rings. The van der Waals surface area contributed by atoms with E-state index in [0.29, 0.717) is 6.04 Å². The Labute approximate surface area is 139 Å². The zero-order valence-electron chi connectivity index (χ0n) is 14.6. The Morgan fingerprint density at radius 1 is 1.17 bits per heavy atom. The lowest BCUT2D eigenvalue weighted by Gasteiger charge is -2.20. The second-order valence-electron chi connectivity index (χ2n) is 6.18. The van der Waals surface area contributed by atoms with E-state index in [2.05, 4.69) is 72.7 Å². The van der Waals surface area contributed by atoms with Crippen LogP contribution in [0.3, 0.4) is 0 Å². The van der Waals surface area contributed by atoms with Crippen molar-refractivity contribution in [2.24, 2.45) is 0 Å². The van der Waals surface area contributed by atoms with Gasteiger partial charge in [0.05, 0.1) is 0 Å². The van der Waals surface area contributed by atoms with E-state index in [0.717, 1.165) is 25.3 Å². The van der Waals surface area contributed by atoms with E-state index in [1.54, 1.807) is 0 Å². The zero-order valence-corrected chi connectivity index (χ0v) is 14.6. The molecule has 0 aliphatic carbocycles. The predicted molar refractivity (Wildman–Crippen MR) is 97.7 cm³/mol. The van der Waals surface area contributed by atoms with Crippen molar-refractivity contribution in [2.75, 3.05) is 32.5 Å². The highest BCUT2D eigenvalue weighted by Crippen LogP contribution is 2.18. The SMILES string of the molecule is Cc1cnccc1NCCNCc1cccc(C(C)N(C)C)c1. The number of anilines is 1. The monoisotopic (exact) mass is 312 g/mol. The molecule has 1 heterocycles. The number of hydrogen-bond acceptors (Lipinski definition) is 4. The first kappa shape index (κ1) is 17.4. The highest BCUT2D eigenvalue weighted by molar-refractivity contribution is 5.48. The summed E-state index contributed by atoms with van der Waals surface area (Å²) in [7, 11) is 4.23. The van der Waals surface area contributed by atoms with Crippen molar-refractivity contribution in [2.45, 2.75) is 26.4 Å². The molecule has 0 aliphatic rings. The number of pyridine rings is 1. The van der Waals surface area contributed by atoms with E-state index in [1.807, 2.05) is 18.5 Å². The minimum absolute atomic E-state index is 0.436. The number of aryl methyl sites for hydroxylation is 1. The number of aromatic nitrogens is 1. The first-order chi connectivity index (χ1) is 11.1. The number of nitrogens with one attached hydrogen (secondary N) is 2. The predicted octanol–water partition coefficient (Wildman–Crippen LogP) is 3.21. The van der Waals surface area contributed by atoms with E-state index in [1.165, 1.54) is 16.7 Å². The minimum atomic E-state index is 0.436. The summed E-state index contributed by atoms with van der Waals surface area (Å²) < 4.78 is 0. The first-order valence-corrected chi connectivity index (χ1v) is 8.18. The van der Waals surface area contributed by atoms with Gasteiger partial charge in [-0.25, -0.2) is 0 Å². The van der Waals surface area contributed by atoms with E-state index in [4.69, 9.17) is 0 Å². The lowest BCUT2D eigenvalue weighted by Crippen LogP contribution is -2.22. The third-order valence-electron chi connectivity index (χ3n) is 4.17. The van der Waals surface area contributed by atoms with E-state index < -0.39 is 0 Å². The van der Waals surface area contributed by atoms with Crippen LogP contribution in [0.25, 0.3) is 0 Å². The van der Waals surface area contributed by atoms with Gasteiger partial charge in [0.25, 0.3) is 0 Å². The average Bonchev–Trinajstić information content (AvgIpc) is 2.55. The fourth-order valence-electron chi connectivity index (χ4n) is 2.45. The minimum Gasteiger partial charge on any atom is -0.383 e. The van der Waals surface area contributed by atoms with Crippen molar-refractivity contribution < 1.29 is 0 Å². The molecule has 0 radical (unpaired) electrons. The third-order valence-corrected chi connectivity index (χ3v) is 4.17. The van der Waals surface area contributed by atoms with E-state index >= 15 is 0 Å². The summed E-state index contributed by atoms with van der Waals surface area (Å²) in [5, 5.41) is 6.93. The van der Waals surface area contributed by atoms with Gasteiger partial charge in [0.2, 0.25) is 0 Å². The molecule has 1 atom stereocenters. The second-order valence-corrected chi connectivity index (χ2v) is 6.18. The Kier molecular flexibility index (Phi) is 6.56. The standard InChI is InChI=1S/C19H28N4/c1-15-13-20-9-8-19(15)22-11-10-21-14-17-6-5-7-18(12-17)16(2)23(3)4/h5-9,12-13,16,21H,10-11,14H2,1-4H3,(H,20,22). The van der Waals surface area contributed by atoms with Gasteiger partial charge in [-0.2, -0.15) is 0 Å². The van der Waals surface area contributed by atoms with Crippen LogP contribution in [0, 0.1) is 6.92 Å². The Morgan fingerprint density at radius 3 is 2.74 bits per heavy atom. The van der Waals surface area contributed by atoms with Crippen LogP contribution in [0.15, 0.2) is 42.7 Å². The second kappa shape index (κ2) is 8.65. The molecule has 0 saturated carbocycles. The molecule has 124 valence electrons. The molecule has 23 heavy (non-hydrogen) atoms. The van der Waals surface area contributed by atoms with Crippen LogP contribution in [0.1, 0.15) is 29.7 Å². The molecular formula is C19H28N4. The molecule has 1 unspecified atom stereocenters. The van der Waals surface area contributed by atoms with Gasteiger partial charge in [-0.1, -0.05) is 24.3 Å². The number of nitrogens with zero attached hydrogens (tertiary/aromatic N) is 2. The van der Waals surface area contributed by atoms with Gasteiger partial charge in [-0.3, -0.25) is 4.98 Å². The molecule has 1 aromatic heterocycles. The fraction of sp³-hybridized carbons (Fsp3) is 0.421. The summed E-state index contributed by atoms with van der Waals surface area (Å²) in [6.45, 7) is 7.02. The Morgan fingerprint density at radius 2 is 2.00 bits per heavy atom. The average molecular weight is 312 g/mol. The lowest BCUT2D eigenvalue weighted by molar-refractivity contribution is 0.321. The molecule has 4 nitrogen and oxygen atoms in total. The molecule has 0 spiro atoms. The van der Waals surface area contributed by atoms with Crippen LogP contribution >= 0.6 is 0 Å². The van der Waals surface area contributed by atoms with Gasteiger partial charge in [0.15, 0.2) is 0 Å². The molecule has 2 rings (SSSR count). The molecule has 4 heteroatoms. The van der Waals surface area contributed by atoms with E-state index in [9.17, 15) is 0 Å². The summed E-state index contributed by atoms with van der Waals surface area (Å²) >= 11 is 0. The smallest absolute Gasteiger partial charge is 0.0401 e. The van der Waals surface area contributed by atoms with Crippen molar-refractivity contribution in [3.05, 3.63) is 59.4 Å². The van der Waals surface area contributed by atoms with Gasteiger partial charge < -0.3 is 15.5 Å². The maximum atomic E-state index is 4.10.